The highest BCUT2D eigenvalue weighted by molar-refractivity contribution is 6.33. The van der Waals surface area contributed by atoms with Crippen LogP contribution in [-0.4, -0.2) is 14.9 Å². The third kappa shape index (κ3) is 2.77. The van der Waals surface area contributed by atoms with E-state index in [1.54, 1.807) is 0 Å². The molecule has 0 saturated carbocycles. The molecule has 1 aromatic carbocycles. The van der Waals surface area contributed by atoms with Gasteiger partial charge in [0.2, 0.25) is 5.82 Å². The van der Waals surface area contributed by atoms with Crippen LogP contribution in [-0.2, 0) is 0 Å². The third-order valence-electron chi connectivity index (χ3n) is 2.51. The number of halogens is 5. The summed E-state index contributed by atoms with van der Waals surface area (Å²) < 4.78 is 52.3. The Morgan fingerprint density at radius 3 is 2.43 bits per heavy atom. The molecule has 21 heavy (non-hydrogen) atoms. The fraction of sp³-hybridized carbons (Fsp3) is 0.0909. The lowest BCUT2D eigenvalue weighted by atomic mass is 10.1. The van der Waals surface area contributed by atoms with Crippen LogP contribution in [0.5, 0.6) is 0 Å². The number of alkyl halides is 2. The number of benzene rings is 1. The fourth-order valence-electron chi connectivity index (χ4n) is 1.58. The number of hydrogen-bond acceptors (Lipinski definition) is 4. The summed E-state index contributed by atoms with van der Waals surface area (Å²) >= 11 is 5.65. The molecule has 0 saturated heterocycles. The maximum Gasteiger partial charge on any atom is 0.305 e. The quantitative estimate of drug-likeness (QED) is 0.488. The number of nitro groups is 1. The molecule has 10 heteroatoms. The Bertz CT molecular complexity index is 727. The van der Waals surface area contributed by atoms with Crippen LogP contribution >= 0.6 is 11.6 Å². The first kappa shape index (κ1) is 15.1. The summed E-state index contributed by atoms with van der Waals surface area (Å²) in [6.45, 7) is 0. The van der Waals surface area contributed by atoms with Gasteiger partial charge in [-0.05, 0) is 0 Å². The van der Waals surface area contributed by atoms with Crippen LogP contribution in [0.4, 0.5) is 23.2 Å². The molecule has 110 valence electrons. The predicted octanol–water partition coefficient (Wildman–Crippen LogP) is 3.92. The molecule has 2 rings (SSSR count). The average Bonchev–Trinajstić information content (AvgIpc) is 2.39. The van der Waals surface area contributed by atoms with Gasteiger partial charge >= 0.3 is 5.69 Å². The van der Waals surface area contributed by atoms with E-state index >= 15 is 0 Å². The van der Waals surface area contributed by atoms with Crippen LogP contribution in [0.2, 0.25) is 5.02 Å². The second kappa shape index (κ2) is 5.60. The topological polar surface area (TPSA) is 68.9 Å². The van der Waals surface area contributed by atoms with Crippen molar-refractivity contribution in [1.29, 1.82) is 0 Å². The van der Waals surface area contributed by atoms with Crippen molar-refractivity contribution in [3.8, 4) is 11.3 Å². The Balaban J connectivity index is 2.70. The summed E-state index contributed by atoms with van der Waals surface area (Å²) in [5.74, 6) is -2.63. The first-order chi connectivity index (χ1) is 9.82. The molecule has 0 spiro atoms. The molecule has 1 aromatic heterocycles. The number of nitro benzene ring substituents is 1. The molecule has 2 aromatic rings. The Labute approximate surface area is 119 Å². The van der Waals surface area contributed by atoms with Gasteiger partial charge in [0.1, 0.15) is 17.8 Å². The number of hydrogen-bond donors (Lipinski definition) is 0. The monoisotopic (exact) mass is 321 g/mol. The average molecular weight is 322 g/mol. The molecule has 0 atom stereocenters. The molecule has 1 heterocycles. The fourth-order valence-corrected chi connectivity index (χ4v) is 1.86. The molecule has 0 aliphatic carbocycles. The molecule has 5 nitrogen and oxygen atoms in total. The van der Waals surface area contributed by atoms with Crippen LogP contribution in [0, 0.1) is 21.7 Å². The Morgan fingerprint density at radius 1 is 1.19 bits per heavy atom. The van der Waals surface area contributed by atoms with Crippen molar-refractivity contribution in [2.75, 3.05) is 0 Å². The van der Waals surface area contributed by atoms with Crippen molar-refractivity contribution >= 4 is 17.3 Å². The molecule has 0 radical (unpaired) electrons. The van der Waals surface area contributed by atoms with E-state index in [-0.39, 0.29) is 6.07 Å². The van der Waals surface area contributed by atoms with E-state index in [0.29, 0.717) is 12.4 Å². The summed E-state index contributed by atoms with van der Waals surface area (Å²) in [6.07, 6.45) is -2.34. The van der Waals surface area contributed by atoms with Crippen LogP contribution in [0.3, 0.4) is 0 Å². The maximum absolute atomic E-state index is 13.7. The third-order valence-corrected chi connectivity index (χ3v) is 2.88. The number of rotatable bonds is 3. The zero-order chi connectivity index (χ0) is 15.7. The Hall–Kier alpha value is -2.29. The van der Waals surface area contributed by atoms with E-state index in [4.69, 9.17) is 11.6 Å². The van der Waals surface area contributed by atoms with Gasteiger partial charge in [-0.2, -0.15) is 4.39 Å². The normalized spacial score (nSPS) is 11.0. The van der Waals surface area contributed by atoms with E-state index < -0.39 is 50.6 Å². The lowest BCUT2D eigenvalue weighted by Crippen LogP contribution is -2.00. The van der Waals surface area contributed by atoms with Gasteiger partial charge in [-0.25, -0.2) is 23.1 Å². The van der Waals surface area contributed by atoms with Crippen molar-refractivity contribution in [2.24, 2.45) is 0 Å². The maximum atomic E-state index is 13.7. The van der Waals surface area contributed by atoms with Crippen molar-refractivity contribution in [1.82, 2.24) is 9.97 Å². The first-order valence-electron chi connectivity index (χ1n) is 5.25. The number of aromatic nitrogens is 2. The lowest BCUT2D eigenvalue weighted by Gasteiger charge is -2.08. The van der Waals surface area contributed by atoms with E-state index in [0.717, 1.165) is 0 Å². The molecule has 0 fully saturated rings. The Morgan fingerprint density at radius 2 is 1.86 bits per heavy atom. The zero-order valence-corrected chi connectivity index (χ0v) is 10.6. The van der Waals surface area contributed by atoms with Gasteiger partial charge < -0.3 is 0 Å². The largest absolute Gasteiger partial charge is 0.305 e. The minimum Gasteiger partial charge on any atom is -0.258 e. The van der Waals surface area contributed by atoms with E-state index in [1.165, 1.54) is 0 Å². The zero-order valence-electron chi connectivity index (χ0n) is 9.86. The van der Waals surface area contributed by atoms with Gasteiger partial charge in [-0.1, -0.05) is 11.6 Å². The van der Waals surface area contributed by atoms with Gasteiger partial charge in [-0.15, -0.1) is 0 Å². The van der Waals surface area contributed by atoms with Crippen molar-refractivity contribution < 1.29 is 22.5 Å². The molecule has 0 amide bonds. The summed E-state index contributed by atoms with van der Waals surface area (Å²) in [7, 11) is 0. The lowest BCUT2D eigenvalue weighted by molar-refractivity contribution is -0.387. The number of nitrogens with zero attached hydrogens (tertiary/aromatic N) is 3. The van der Waals surface area contributed by atoms with Crippen molar-refractivity contribution in [2.45, 2.75) is 6.43 Å². The SMILES string of the molecule is O=[N+]([O-])c1cc(-c2ncnc(C(F)F)c2Cl)c(F)cc1F. The van der Waals surface area contributed by atoms with Gasteiger partial charge in [-0.3, -0.25) is 10.1 Å². The van der Waals surface area contributed by atoms with Crippen LogP contribution < -0.4 is 0 Å². The van der Waals surface area contributed by atoms with Gasteiger partial charge in [0.05, 0.1) is 15.6 Å². The molecule has 0 N–H and O–H groups in total. The summed E-state index contributed by atoms with van der Waals surface area (Å²) in [5, 5.41) is 9.97. The van der Waals surface area contributed by atoms with Crippen LogP contribution in [0.15, 0.2) is 18.5 Å². The highest BCUT2D eigenvalue weighted by Crippen LogP contribution is 2.35. The minimum absolute atomic E-state index is 0.258. The molecule has 0 unspecified atom stereocenters. The second-order valence-electron chi connectivity index (χ2n) is 3.76. The smallest absolute Gasteiger partial charge is 0.258 e. The van der Waals surface area contributed by atoms with Crippen molar-refractivity contribution in [3.63, 3.8) is 0 Å². The van der Waals surface area contributed by atoms with Crippen molar-refractivity contribution in [3.05, 3.63) is 50.9 Å². The predicted molar refractivity (Wildman–Crippen MR) is 64.0 cm³/mol. The van der Waals surface area contributed by atoms with E-state index in [9.17, 15) is 27.7 Å². The first-order valence-corrected chi connectivity index (χ1v) is 5.63. The van der Waals surface area contributed by atoms with E-state index in [1.807, 2.05) is 0 Å². The summed E-state index contributed by atoms with van der Waals surface area (Å²) in [6, 6.07) is 0.794. The molecule has 0 bridgehead atoms. The highest BCUT2D eigenvalue weighted by Gasteiger charge is 2.24. The summed E-state index contributed by atoms with van der Waals surface area (Å²) in [5.41, 5.74) is -2.94. The second-order valence-corrected chi connectivity index (χ2v) is 4.14. The van der Waals surface area contributed by atoms with Crippen LogP contribution in [0.1, 0.15) is 12.1 Å². The van der Waals surface area contributed by atoms with Gasteiger partial charge in [0.15, 0.2) is 0 Å². The molecule has 0 aliphatic rings. The van der Waals surface area contributed by atoms with E-state index in [2.05, 4.69) is 9.97 Å². The van der Waals surface area contributed by atoms with Gasteiger partial charge in [0.25, 0.3) is 6.43 Å². The Kier molecular flexibility index (Phi) is 4.03. The van der Waals surface area contributed by atoms with Crippen LogP contribution in [0.25, 0.3) is 11.3 Å². The molecular formula is C11H4ClF4N3O2. The van der Waals surface area contributed by atoms with Gasteiger partial charge in [0, 0.05) is 17.7 Å². The standard InChI is InChI=1S/C11H4ClF4N3O2/c12-8-9(17-3-18-10(8)11(15)16)4-1-7(19(20)21)6(14)2-5(4)13/h1-3,11H. The summed E-state index contributed by atoms with van der Waals surface area (Å²) in [4.78, 5) is 16.3. The highest BCUT2D eigenvalue weighted by atomic mass is 35.5. The minimum atomic E-state index is -3.04. The molecular weight excluding hydrogens is 318 g/mol. The molecule has 0 aliphatic heterocycles.